The smallest absolute Gasteiger partial charge is 0.245 e. The molecule has 3 aromatic rings. The molecule has 0 radical (unpaired) electrons. The summed E-state index contributed by atoms with van der Waals surface area (Å²) >= 11 is 0. The first-order valence-electron chi connectivity index (χ1n) is 11.2. The fraction of sp³-hybridized carbons (Fsp3) is 0.375. The molecule has 2 aliphatic rings. The summed E-state index contributed by atoms with van der Waals surface area (Å²) in [6, 6.07) is 4.10. The maximum Gasteiger partial charge on any atom is 0.245 e. The molecule has 0 unspecified atom stereocenters. The Balaban J connectivity index is 1.30. The molecule has 2 atom stereocenters. The maximum absolute atomic E-state index is 13.0. The Bertz CT molecular complexity index is 1320. The van der Waals surface area contributed by atoms with E-state index in [0.717, 1.165) is 17.5 Å². The Morgan fingerprint density at radius 2 is 1.97 bits per heavy atom. The molecule has 0 saturated carbocycles. The molecule has 2 saturated heterocycles. The van der Waals surface area contributed by atoms with E-state index < -0.39 is 0 Å². The average molecular weight is 460 g/mol. The number of carbonyl (C=O) groups is 2. The summed E-state index contributed by atoms with van der Waals surface area (Å²) in [4.78, 5) is 28.4. The molecule has 174 valence electrons. The minimum atomic E-state index is -0.151. The number of nitrogens with zero attached hydrogens (tertiary/aromatic N) is 7. The van der Waals surface area contributed by atoms with Crippen molar-refractivity contribution in [2.45, 2.75) is 18.9 Å². The number of pyridine rings is 1. The van der Waals surface area contributed by atoms with Crippen LogP contribution in [0.1, 0.15) is 24.4 Å². The van der Waals surface area contributed by atoms with E-state index in [1.807, 2.05) is 28.0 Å². The molecule has 0 bridgehead atoms. The van der Waals surface area contributed by atoms with Crippen molar-refractivity contribution in [2.75, 3.05) is 33.3 Å². The van der Waals surface area contributed by atoms with Crippen molar-refractivity contribution in [1.29, 1.82) is 5.26 Å². The van der Waals surface area contributed by atoms with Gasteiger partial charge in [0.2, 0.25) is 11.8 Å². The van der Waals surface area contributed by atoms with Crippen LogP contribution in [0.15, 0.2) is 43.5 Å². The van der Waals surface area contributed by atoms with Crippen LogP contribution in [0.4, 0.5) is 0 Å². The molecular weight excluding hydrogens is 434 g/mol. The molecule has 5 heterocycles. The van der Waals surface area contributed by atoms with Crippen molar-refractivity contribution in [2.24, 2.45) is 5.92 Å². The van der Waals surface area contributed by atoms with E-state index in [4.69, 9.17) is 4.74 Å². The largest absolute Gasteiger partial charge is 0.494 e. The summed E-state index contributed by atoms with van der Waals surface area (Å²) in [6.45, 7) is 5.86. The van der Waals surface area contributed by atoms with Crippen molar-refractivity contribution in [3.8, 4) is 22.9 Å². The number of hydrogen-bond acceptors (Lipinski definition) is 6. The van der Waals surface area contributed by atoms with E-state index in [9.17, 15) is 14.9 Å². The third kappa shape index (κ3) is 3.69. The van der Waals surface area contributed by atoms with Gasteiger partial charge in [0.15, 0.2) is 0 Å². The average Bonchev–Trinajstić information content (AvgIpc) is 3.67. The van der Waals surface area contributed by atoms with Gasteiger partial charge < -0.3 is 14.5 Å². The molecular formula is C24H25N7O3. The Morgan fingerprint density at radius 1 is 1.15 bits per heavy atom. The van der Waals surface area contributed by atoms with Crippen LogP contribution in [0.5, 0.6) is 5.75 Å². The number of fused-ring (bicyclic) bond motifs is 1. The molecule has 3 aromatic heterocycles. The van der Waals surface area contributed by atoms with Crippen LogP contribution in [0.3, 0.4) is 0 Å². The summed E-state index contributed by atoms with van der Waals surface area (Å²) < 4.78 is 9.05. The van der Waals surface area contributed by atoms with Gasteiger partial charge in [0, 0.05) is 49.7 Å². The second kappa shape index (κ2) is 8.67. The van der Waals surface area contributed by atoms with E-state index in [2.05, 4.69) is 22.8 Å². The zero-order chi connectivity index (χ0) is 23.8. The van der Waals surface area contributed by atoms with Crippen molar-refractivity contribution in [3.63, 3.8) is 0 Å². The number of methoxy groups -OCH3 is 1. The van der Waals surface area contributed by atoms with E-state index in [-0.39, 0.29) is 23.8 Å². The monoisotopic (exact) mass is 459 g/mol. The van der Waals surface area contributed by atoms with Gasteiger partial charge in [-0.05, 0) is 25.0 Å². The normalized spacial score (nSPS) is 20.0. The third-order valence-corrected chi connectivity index (χ3v) is 6.72. The first kappa shape index (κ1) is 21.7. The fourth-order valence-corrected chi connectivity index (χ4v) is 4.87. The highest BCUT2D eigenvalue weighted by molar-refractivity contribution is 5.88. The maximum atomic E-state index is 13.0. The van der Waals surface area contributed by atoms with E-state index >= 15 is 0 Å². The van der Waals surface area contributed by atoms with Crippen molar-refractivity contribution >= 4 is 17.3 Å². The molecule has 34 heavy (non-hydrogen) atoms. The van der Waals surface area contributed by atoms with Gasteiger partial charge in [0.1, 0.15) is 22.9 Å². The van der Waals surface area contributed by atoms with Crippen LogP contribution in [0.2, 0.25) is 0 Å². The van der Waals surface area contributed by atoms with Crippen molar-refractivity contribution in [3.05, 3.63) is 49.1 Å². The lowest BCUT2D eigenvalue weighted by molar-refractivity contribution is -0.134. The number of rotatable bonds is 5. The summed E-state index contributed by atoms with van der Waals surface area (Å²) in [5, 5.41) is 18.1. The molecule has 2 fully saturated rings. The highest BCUT2D eigenvalue weighted by Crippen LogP contribution is 2.31. The summed E-state index contributed by atoms with van der Waals surface area (Å²) in [5.74, 6) is 0.406. The van der Waals surface area contributed by atoms with E-state index in [0.29, 0.717) is 49.4 Å². The van der Waals surface area contributed by atoms with Crippen LogP contribution in [-0.2, 0) is 9.59 Å². The van der Waals surface area contributed by atoms with Gasteiger partial charge in [-0.15, -0.1) is 0 Å². The van der Waals surface area contributed by atoms with Crippen LogP contribution in [0.25, 0.3) is 16.6 Å². The lowest BCUT2D eigenvalue weighted by atomic mass is 10.1. The molecule has 10 heteroatoms. The first-order valence-corrected chi connectivity index (χ1v) is 11.2. The lowest BCUT2D eigenvalue weighted by Gasteiger charge is -2.21. The molecule has 0 N–H and O–H groups in total. The second-order valence-electron chi connectivity index (χ2n) is 8.67. The molecule has 10 nitrogen and oxygen atoms in total. The van der Waals surface area contributed by atoms with E-state index in [1.165, 1.54) is 12.3 Å². The summed E-state index contributed by atoms with van der Waals surface area (Å²) in [6.07, 6.45) is 9.94. The van der Waals surface area contributed by atoms with Gasteiger partial charge in [-0.25, -0.2) is 4.52 Å². The number of aromatic nitrogens is 4. The quantitative estimate of drug-likeness (QED) is 0.539. The Labute approximate surface area is 196 Å². The van der Waals surface area contributed by atoms with Crippen LogP contribution in [-0.4, -0.2) is 74.3 Å². The Kier molecular flexibility index (Phi) is 5.53. The predicted octanol–water partition coefficient (Wildman–Crippen LogP) is 1.89. The predicted molar refractivity (Wildman–Crippen MR) is 123 cm³/mol. The second-order valence-corrected chi connectivity index (χ2v) is 8.67. The Morgan fingerprint density at radius 3 is 2.74 bits per heavy atom. The number of nitriles is 1. The van der Waals surface area contributed by atoms with Gasteiger partial charge in [-0.3, -0.25) is 14.3 Å². The van der Waals surface area contributed by atoms with Crippen molar-refractivity contribution in [1.82, 2.24) is 29.2 Å². The minimum Gasteiger partial charge on any atom is -0.494 e. The topological polar surface area (TPSA) is 109 Å². The zero-order valence-corrected chi connectivity index (χ0v) is 18.9. The van der Waals surface area contributed by atoms with E-state index in [1.54, 1.807) is 22.7 Å². The van der Waals surface area contributed by atoms with Crippen LogP contribution < -0.4 is 4.74 Å². The number of likely N-dealkylation sites (tertiary alicyclic amines) is 2. The summed E-state index contributed by atoms with van der Waals surface area (Å²) in [5.41, 5.74) is 2.85. The van der Waals surface area contributed by atoms with Gasteiger partial charge in [-0.2, -0.15) is 15.5 Å². The first-order chi connectivity index (χ1) is 16.5. The molecule has 0 aliphatic carbocycles. The SMILES string of the molecule is C=CC(=O)N1CC[C@@H](C(=O)N2CC[C@H](n3cc(-c4cc(OC)c5c(C#N)cnn5c4)cn3)C2)C1. The molecule has 0 spiro atoms. The molecule has 5 rings (SSSR count). The number of ether oxygens (including phenoxy) is 1. The van der Waals surface area contributed by atoms with Crippen LogP contribution >= 0.6 is 0 Å². The van der Waals surface area contributed by atoms with Gasteiger partial charge in [0.05, 0.1) is 31.5 Å². The number of carbonyl (C=O) groups excluding carboxylic acids is 2. The van der Waals surface area contributed by atoms with Gasteiger partial charge in [-0.1, -0.05) is 6.58 Å². The molecule has 0 aromatic carbocycles. The third-order valence-electron chi connectivity index (χ3n) is 6.72. The Hall–Kier alpha value is -4.13. The van der Waals surface area contributed by atoms with Gasteiger partial charge in [0.25, 0.3) is 0 Å². The number of amides is 2. The zero-order valence-electron chi connectivity index (χ0n) is 18.9. The standard InChI is InChI=1S/C24H25N7O3/c1-3-22(32)28-6-4-16(12-28)24(33)29-7-5-20(15-29)30-14-19(11-26-30)17-8-21(34-2)23-18(9-25)10-27-31(23)13-17/h3,8,10-11,13-14,16,20H,1,4-7,12,15H2,2H3/t16-,20+/m1/s1. The fourth-order valence-electron chi connectivity index (χ4n) is 4.87. The van der Waals surface area contributed by atoms with Crippen LogP contribution in [0, 0.1) is 17.2 Å². The van der Waals surface area contributed by atoms with Gasteiger partial charge >= 0.3 is 0 Å². The molecule has 2 amide bonds. The number of hydrogen-bond donors (Lipinski definition) is 0. The highest BCUT2D eigenvalue weighted by Gasteiger charge is 2.36. The minimum absolute atomic E-state index is 0.0885. The highest BCUT2D eigenvalue weighted by atomic mass is 16.5. The lowest BCUT2D eigenvalue weighted by Crippen LogP contribution is -2.36. The van der Waals surface area contributed by atoms with Crippen molar-refractivity contribution < 1.29 is 14.3 Å². The molecule has 2 aliphatic heterocycles. The summed E-state index contributed by atoms with van der Waals surface area (Å²) in [7, 11) is 1.57.